The highest BCUT2D eigenvalue weighted by Crippen LogP contribution is 2.20. The molecule has 1 aliphatic heterocycles. The Morgan fingerprint density at radius 2 is 2.32 bits per heavy atom. The van der Waals surface area contributed by atoms with Crippen LogP contribution in [0.2, 0.25) is 0 Å². The number of para-hydroxylation sites is 1. The maximum absolute atomic E-state index is 11.7. The molecular weight excluding hydrogens is 244 g/mol. The second-order valence-electron chi connectivity index (χ2n) is 4.62. The van der Waals surface area contributed by atoms with Gasteiger partial charge in [-0.3, -0.25) is 0 Å². The number of methoxy groups -OCH3 is 1. The van der Waals surface area contributed by atoms with Crippen molar-refractivity contribution in [3.63, 3.8) is 0 Å². The minimum absolute atomic E-state index is 0.282. The van der Waals surface area contributed by atoms with E-state index in [9.17, 15) is 4.79 Å². The molecule has 0 spiro atoms. The van der Waals surface area contributed by atoms with Crippen molar-refractivity contribution in [3.8, 4) is 0 Å². The average Bonchev–Trinajstić information content (AvgIpc) is 2.47. The van der Waals surface area contributed by atoms with E-state index in [1.165, 1.54) is 7.11 Å². The Morgan fingerprint density at radius 3 is 3.00 bits per heavy atom. The molecule has 0 aromatic heterocycles. The quantitative estimate of drug-likeness (QED) is 0.819. The minimum atomic E-state index is -0.310. The molecule has 2 rings (SSSR count). The van der Waals surface area contributed by atoms with E-state index in [-0.39, 0.29) is 12.0 Å². The average molecular weight is 264 g/mol. The number of hydrogen-bond donors (Lipinski definition) is 1. The van der Waals surface area contributed by atoms with Crippen molar-refractivity contribution < 1.29 is 14.3 Å². The third kappa shape index (κ3) is 3.45. The van der Waals surface area contributed by atoms with E-state index < -0.39 is 0 Å². The Morgan fingerprint density at radius 1 is 1.53 bits per heavy atom. The monoisotopic (exact) mass is 264 g/mol. The maximum Gasteiger partial charge on any atom is 0.339 e. The lowest BCUT2D eigenvalue weighted by Gasteiger charge is -2.30. The van der Waals surface area contributed by atoms with Gasteiger partial charge in [0.25, 0.3) is 0 Å². The summed E-state index contributed by atoms with van der Waals surface area (Å²) in [5.41, 5.74) is 1.46. The van der Waals surface area contributed by atoms with E-state index in [0.717, 1.165) is 25.4 Å². The molecule has 0 aliphatic carbocycles. The first-order chi connectivity index (χ1) is 9.22. The van der Waals surface area contributed by atoms with Crippen LogP contribution >= 0.6 is 0 Å². The number of anilines is 1. The van der Waals surface area contributed by atoms with Crippen molar-refractivity contribution in [2.24, 2.45) is 0 Å². The molecule has 1 fully saturated rings. The lowest BCUT2D eigenvalue weighted by Crippen LogP contribution is -2.47. The highest BCUT2D eigenvalue weighted by atomic mass is 16.5. The molecule has 0 bridgehead atoms. The van der Waals surface area contributed by atoms with E-state index in [1.807, 2.05) is 25.2 Å². The zero-order chi connectivity index (χ0) is 13.7. The summed E-state index contributed by atoms with van der Waals surface area (Å²) < 4.78 is 10.2. The van der Waals surface area contributed by atoms with Crippen LogP contribution in [0, 0.1) is 0 Å². The Labute approximate surface area is 113 Å². The molecule has 1 aliphatic rings. The molecule has 1 unspecified atom stereocenters. The number of carbonyl (C=O) groups excluding carboxylic acids is 1. The number of ether oxygens (including phenoxy) is 2. The van der Waals surface area contributed by atoms with E-state index in [0.29, 0.717) is 12.2 Å². The first kappa shape index (κ1) is 13.8. The zero-order valence-corrected chi connectivity index (χ0v) is 11.4. The van der Waals surface area contributed by atoms with E-state index in [2.05, 4.69) is 10.2 Å². The molecule has 1 heterocycles. The molecule has 104 valence electrons. The van der Waals surface area contributed by atoms with Gasteiger partial charge in [-0.2, -0.15) is 0 Å². The third-order valence-corrected chi connectivity index (χ3v) is 3.21. The van der Waals surface area contributed by atoms with Crippen LogP contribution in [0.5, 0.6) is 0 Å². The highest BCUT2D eigenvalue weighted by molar-refractivity contribution is 5.95. The van der Waals surface area contributed by atoms with Crippen LogP contribution in [0.1, 0.15) is 10.4 Å². The summed E-state index contributed by atoms with van der Waals surface area (Å²) >= 11 is 0. The van der Waals surface area contributed by atoms with Crippen molar-refractivity contribution in [2.75, 3.05) is 45.4 Å². The van der Waals surface area contributed by atoms with Gasteiger partial charge in [0, 0.05) is 26.2 Å². The van der Waals surface area contributed by atoms with Gasteiger partial charge in [0.05, 0.1) is 31.6 Å². The molecule has 1 aromatic rings. The number of likely N-dealkylation sites (N-methyl/N-ethyl adjacent to an activating group) is 1. The molecule has 1 atom stereocenters. The molecule has 19 heavy (non-hydrogen) atoms. The Kier molecular flexibility index (Phi) is 4.76. The number of rotatable bonds is 4. The van der Waals surface area contributed by atoms with Gasteiger partial charge in [-0.05, 0) is 12.1 Å². The van der Waals surface area contributed by atoms with E-state index >= 15 is 0 Å². The number of morpholine rings is 1. The number of hydrogen-bond acceptors (Lipinski definition) is 5. The van der Waals surface area contributed by atoms with Crippen LogP contribution in [-0.2, 0) is 9.47 Å². The summed E-state index contributed by atoms with van der Waals surface area (Å²) in [7, 11) is 3.37. The summed E-state index contributed by atoms with van der Waals surface area (Å²) in [5, 5.41) is 3.40. The van der Waals surface area contributed by atoms with Gasteiger partial charge in [-0.25, -0.2) is 4.79 Å². The van der Waals surface area contributed by atoms with Crippen molar-refractivity contribution in [3.05, 3.63) is 29.8 Å². The van der Waals surface area contributed by atoms with Crippen molar-refractivity contribution in [1.29, 1.82) is 0 Å². The molecule has 1 aromatic carbocycles. The fourth-order valence-corrected chi connectivity index (χ4v) is 2.25. The first-order valence-electron chi connectivity index (χ1n) is 6.42. The predicted octanol–water partition coefficient (Wildman–Crippen LogP) is 0.898. The second-order valence-corrected chi connectivity index (χ2v) is 4.62. The normalized spacial score (nSPS) is 18.9. The first-order valence-corrected chi connectivity index (χ1v) is 6.42. The second kappa shape index (κ2) is 6.54. The molecule has 0 amide bonds. The summed E-state index contributed by atoms with van der Waals surface area (Å²) in [6.45, 7) is 3.12. The third-order valence-electron chi connectivity index (χ3n) is 3.21. The number of carbonyl (C=O) groups is 1. The molecule has 5 heteroatoms. The summed E-state index contributed by atoms with van der Waals surface area (Å²) in [4.78, 5) is 13.8. The van der Waals surface area contributed by atoms with Crippen molar-refractivity contribution >= 4 is 11.7 Å². The fourth-order valence-electron chi connectivity index (χ4n) is 2.25. The van der Waals surface area contributed by atoms with Crippen LogP contribution < -0.4 is 10.2 Å². The van der Waals surface area contributed by atoms with Gasteiger partial charge in [0.2, 0.25) is 0 Å². The molecule has 1 N–H and O–H groups in total. The molecule has 1 saturated heterocycles. The van der Waals surface area contributed by atoms with E-state index in [1.54, 1.807) is 6.07 Å². The van der Waals surface area contributed by atoms with Gasteiger partial charge in [-0.15, -0.1) is 0 Å². The minimum Gasteiger partial charge on any atom is -0.465 e. The van der Waals surface area contributed by atoms with Gasteiger partial charge < -0.3 is 19.7 Å². The molecular formula is C14H20N2O3. The highest BCUT2D eigenvalue weighted by Gasteiger charge is 2.19. The Balaban J connectivity index is 2.09. The van der Waals surface area contributed by atoms with Gasteiger partial charge in [0.1, 0.15) is 0 Å². The predicted molar refractivity (Wildman–Crippen MR) is 73.7 cm³/mol. The van der Waals surface area contributed by atoms with E-state index in [4.69, 9.17) is 9.47 Å². The van der Waals surface area contributed by atoms with Crippen molar-refractivity contribution in [1.82, 2.24) is 5.32 Å². The maximum atomic E-state index is 11.7. The van der Waals surface area contributed by atoms with Crippen LogP contribution in [0.3, 0.4) is 0 Å². The van der Waals surface area contributed by atoms with Crippen LogP contribution in [0.15, 0.2) is 24.3 Å². The molecule has 0 saturated carbocycles. The lowest BCUT2D eigenvalue weighted by molar-refractivity contribution is 0.0601. The van der Waals surface area contributed by atoms with Crippen molar-refractivity contribution in [2.45, 2.75) is 6.04 Å². The number of nitrogens with one attached hydrogen (secondary N) is 1. The Bertz CT molecular complexity index is 430. The topological polar surface area (TPSA) is 50.8 Å². The largest absolute Gasteiger partial charge is 0.465 e. The summed E-state index contributed by atoms with van der Waals surface area (Å²) in [5.74, 6) is -0.310. The van der Waals surface area contributed by atoms with Crippen LogP contribution in [-0.4, -0.2) is 52.5 Å². The lowest BCUT2D eigenvalue weighted by atomic mass is 10.1. The SMILES string of the molecule is COC(=O)c1ccccc1N(C)CC1COCCN1. The molecule has 5 nitrogen and oxygen atoms in total. The zero-order valence-electron chi connectivity index (χ0n) is 11.4. The van der Waals surface area contributed by atoms with Crippen LogP contribution in [0.4, 0.5) is 5.69 Å². The van der Waals surface area contributed by atoms with Gasteiger partial charge in [0.15, 0.2) is 0 Å². The number of nitrogens with zero attached hydrogens (tertiary/aromatic N) is 1. The Hall–Kier alpha value is -1.59. The summed E-state index contributed by atoms with van der Waals surface area (Å²) in [6.07, 6.45) is 0. The molecule has 0 radical (unpaired) electrons. The van der Waals surface area contributed by atoms with Crippen LogP contribution in [0.25, 0.3) is 0 Å². The smallest absolute Gasteiger partial charge is 0.339 e. The van der Waals surface area contributed by atoms with Gasteiger partial charge in [-0.1, -0.05) is 12.1 Å². The fraction of sp³-hybridized carbons (Fsp3) is 0.500. The van der Waals surface area contributed by atoms with Gasteiger partial charge >= 0.3 is 5.97 Å². The standard InChI is InChI=1S/C14H20N2O3/c1-16(9-11-10-19-8-7-15-11)13-6-4-3-5-12(13)14(17)18-2/h3-6,11,15H,7-10H2,1-2H3. The number of esters is 1. The number of benzene rings is 1. The summed E-state index contributed by atoms with van der Waals surface area (Å²) in [6, 6.07) is 7.75.